The maximum atomic E-state index is 12.1. The quantitative estimate of drug-likeness (QED) is 0.665. The number of sulfonamides is 1. The molecule has 2 rings (SSSR count). The van der Waals surface area contributed by atoms with Crippen LogP contribution in [0.5, 0.6) is 5.75 Å². The standard InChI is InChI=1S/C19H23ClN2O4S/c1-14(2)11-22-27(24,25)17-9-7-16(8-10-17)26-13-19(23)21-12-15-5-3-4-6-18(15)20/h3-10,14,22H,11-13H2,1-2H3,(H,21,23). The Morgan fingerprint density at radius 3 is 2.41 bits per heavy atom. The van der Waals surface area contributed by atoms with Crippen LogP contribution in [0.4, 0.5) is 0 Å². The second kappa shape index (κ2) is 9.73. The molecule has 27 heavy (non-hydrogen) atoms. The van der Waals surface area contributed by atoms with E-state index in [2.05, 4.69) is 10.0 Å². The fraction of sp³-hybridized carbons (Fsp3) is 0.316. The number of rotatable bonds is 9. The Balaban J connectivity index is 1.84. The number of hydrogen-bond acceptors (Lipinski definition) is 4. The maximum Gasteiger partial charge on any atom is 0.258 e. The lowest BCUT2D eigenvalue weighted by molar-refractivity contribution is -0.123. The van der Waals surface area contributed by atoms with Gasteiger partial charge in [-0.1, -0.05) is 43.6 Å². The van der Waals surface area contributed by atoms with Gasteiger partial charge >= 0.3 is 0 Å². The van der Waals surface area contributed by atoms with Crippen LogP contribution < -0.4 is 14.8 Å². The zero-order valence-electron chi connectivity index (χ0n) is 15.2. The second-order valence-electron chi connectivity index (χ2n) is 6.37. The van der Waals surface area contributed by atoms with Gasteiger partial charge in [0.05, 0.1) is 4.90 Å². The predicted octanol–water partition coefficient (Wildman–Crippen LogP) is 2.97. The zero-order valence-corrected chi connectivity index (χ0v) is 16.8. The summed E-state index contributed by atoms with van der Waals surface area (Å²) >= 11 is 6.04. The van der Waals surface area contributed by atoms with Crippen molar-refractivity contribution in [3.8, 4) is 5.75 Å². The summed E-state index contributed by atoms with van der Waals surface area (Å²) in [6.07, 6.45) is 0. The van der Waals surface area contributed by atoms with Gasteiger partial charge in [0.15, 0.2) is 6.61 Å². The molecule has 0 saturated carbocycles. The number of carbonyl (C=O) groups is 1. The number of nitrogens with one attached hydrogen (secondary N) is 2. The molecule has 0 aromatic heterocycles. The number of carbonyl (C=O) groups excluding carboxylic acids is 1. The van der Waals surface area contributed by atoms with Crippen molar-refractivity contribution >= 4 is 27.5 Å². The first-order chi connectivity index (χ1) is 12.8. The van der Waals surface area contributed by atoms with E-state index in [-0.39, 0.29) is 23.3 Å². The molecule has 146 valence electrons. The third-order valence-electron chi connectivity index (χ3n) is 3.62. The van der Waals surface area contributed by atoms with Crippen molar-refractivity contribution in [2.45, 2.75) is 25.3 Å². The van der Waals surface area contributed by atoms with Crippen LogP contribution in [-0.2, 0) is 21.4 Å². The van der Waals surface area contributed by atoms with Crippen LogP contribution in [0, 0.1) is 5.92 Å². The van der Waals surface area contributed by atoms with Gasteiger partial charge in [-0.3, -0.25) is 4.79 Å². The highest BCUT2D eigenvalue weighted by Crippen LogP contribution is 2.16. The molecule has 0 unspecified atom stereocenters. The Morgan fingerprint density at radius 1 is 1.11 bits per heavy atom. The summed E-state index contributed by atoms with van der Waals surface area (Å²) in [4.78, 5) is 12.0. The molecule has 0 aliphatic heterocycles. The van der Waals surface area contributed by atoms with Crippen LogP contribution >= 0.6 is 11.6 Å². The Bertz CT molecular complexity index is 868. The lowest BCUT2D eigenvalue weighted by Gasteiger charge is -2.10. The summed E-state index contributed by atoms with van der Waals surface area (Å²) in [5.41, 5.74) is 0.816. The number of ether oxygens (including phenoxy) is 1. The van der Waals surface area contributed by atoms with Gasteiger partial charge in [-0.05, 0) is 41.8 Å². The molecule has 6 nitrogen and oxygen atoms in total. The molecule has 0 atom stereocenters. The van der Waals surface area contributed by atoms with E-state index in [9.17, 15) is 13.2 Å². The molecule has 2 aromatic rings. The van der Waals surface area contributed by atoms with E-state index >= 15 is 0 Å². The summed E-state index contributed by atoms with van der Waals surface area (Å²) in [5.74, 6) is 0.322. The summed E-state index contributed by atoms with van der Waals surface area (Å²) in [6, 6.07) is 13.2. The second-order valence-corrected chi connectivity index (χ2v) is 8.55. The monoisotopic (exact) mass is 410 g/mol. The minimum atomic E-state index is -3.54. The molecule has 0 heterocycles. The first kappa shape index (κ1) is 21.2. The highest BCUT2D eigenvalue weighted by atomic mass is 35.5. The van der Waals surface area contributed by atoms with Crippen molar-refractivity contribution in [1.29, 1.82) is 0 Å². The SMILES string of the molecule is CC(C)CNS(=O)(=O)c1ccc(OCC(=O)NCc2ccccc2Cl)cc1. The summed E-state index contributed by atoms with van der Waals surface area (Å²) in [6.45, 7) is 4.35. The van der Waals surface area contributed by atoms with Crippen molar-refractivity contribution in [2.24, 2.45) is 5.92 Å². The molecule has 0 fully saturated rings. The summed E-state index contributed by atoms with van der Waals surface area (Å²) < 4.78 is 32.2. The van der Waals surface area contributed by atoms with Crippen molar-refractivity contribution < 1.29 is 17.9 Å². The van der Waals surface area contributed by atoms with E-state index in [0.717, 1.165) is 5.56 Å². The first-order valence-electron chi connectivity index (χ1n) is 8.50. The minimum absolute atomic E-state index is 0.152. The van der Waals surface area contributed by atoms with Gasteiger partial charge in [0.2, 0.25) is 10.0 Å². The number of benzene rings is 2. The van der Waals surface area contributed by atoms with E-state index in [4.69, 9.17) is 16.3 Å². The lowest BCUT2D eigenvalue weighted by Crippen LogP contribution is -2.28. The fourth-order valence-corrected chi connectivity index (χ4v) is 3.53. The van der Waals surface area contributed by atoms with Crippen molar-refractivity contribution in [3.63, 3.8) is 0 Å². The van der Waals surface area contributed by atoms with Gasteiger partial charge in [0.25, 0.3) is 5.91 Å². The molecule has 0 aliphatic carbocycles. The lowest BCUT2D eigenvalue weighted by atomic mass is 10.2. The van der Waals surface area contributed by atoms with E-state index in [1.165, 1.54) is 24.3 Å². The van der Waals surface area contributed by atoms with Crippen LogP contribution in [-0.4, -0.2) is 27.5 Å². The fourth-order valence-electron chi connectivity index (χ4n) is 2.11. The third kappa shape index (κ3) is 6.86. The molecular formula is C19H23ClN2O4S. The Hall–Kier alpha value is -2.09. The molecule has 2 aromatic carbocycles. The van der Waals surface area contributed by atoms with Gasteiger partial charge in [-0.2, -0.15) is 0 Å². The van der Waals surface area contributed by atoms with Gasteiger partial charge < -0.3 is 10.1 Å². The molecular weight excluding hydrogens is 388 g/mol. The minimum Gasteiger partial charge on any atom is -0.484 e. The average Bonchev–Trinajstić information content (AvgIpc) is 2.64. The summed E-state index contributed by atoms with van der Waals surface area (Å²) in [5, 5.41) is 3.30. The number of hydrogen-bond donors (Lipinski definition) is 2. The normalized spacial score (nSPS) is 11.4. The molecule has 1 amide bonds. The highest BCUT2D eigenvalue weighted by molar-refractivity contribution is 7.89. The summed E-state index contributed by atoms with van der Waals surface area (Å²) in [7, 11) is -3.54. The molecule has 0 bridgehead atoms. The molecule has 2 N–H and O–H groups in total. The third-order valence-corrected chi connectivity index (χ3v) is 5.43. The van der Waals surface area contributed by atoms with E-state index in [1.807, 2.05) is 32.0 Å². The van der Waals surface area contributed by atoms with Crippen molar-refractivity contribution in [2.75, 3.05) is 13.2 Å². The van der Waals surface area contributed by atoms with Crippen LogP contribution in [0.3, 0.4) is 0 Å². The van der Waals surface area contributed by atoms with Crippen LogP contribution in [0.2, 0.25) is 5.02 Å². The van der Waals surface area contributed by atoms with E-state index in [0.29, 0.717) is 23.9 Å². The van der Waals surface area contributed by atoms with Gasteiger partial charge in [0.1, 0.15) is 5.75 Å². The Morgan fingerprint density at radius 2 is 1.78 bits per heavy atom. The molecule has 8 heteroatoms. The first-order valence-corrected chi connectivity index (χ1v) is 10.4. The smallest absolute Gasteiger partial charge is 0.258 e. The predicted molar refractivity (Wildman–Crippen MR) is 105 cm³/mol. The Kier molecular flexibility index (Phi) is 7.65. The molecule has 0 saturated heterocycles. The topological polar surface area (TPSA) is 84.5 Å². The highest BCUT2D eigenvalue weighted by Gasteiger charge is 2.14. The van der Waals surface area contributed by atoms with Crippen LogP contribution in [0.15, 0.2) is 53.4 Å². The molecule has 0 radical (unpaired) electrons. The van der Waals surface area contributed by atoms with E-state index < -0.39 is 10.0 Å². The van der Waals surface area contributed by atoms with Gasteiger partial charge in [0, 0.05) is 18.1 Å². The van der Waals surface area contributed by atoms with Gasteiger partial charge in [-0.25, -0.2) is 13.1 Å². The van der Waals surface area contributed by atoms with E-state index in [1.54, 1.807) is 6.07 Å². The van der Waals surface area contributed by atoms with Crippen LogP contribution in [0.25, 0.3) is 0 Å². The largest absolute Gasteiger partial charge is 0.484 e. The number of amides is 1. The number of halogens is 1. The maximum absolute atomic E-state index is 12.1. The zero-order chi connectivity index (χ0) is 19.9. The van der Waals surface area contributed by atoms with Crippen molar-refractivity contribution in [3.05, 3.63) is 59.1 Å². The Labute approximate surface area is 164 Å². The average molecular weight is 411 g/mol. The van der Waals surface area contributed by atoms with Crippen LogP contribution in [0.1, 0.15) is 19.4 Å². The van der Waals surface area contributed by atoms with Gasteiger partial charge in [-0.15, -0.1) is 0 Å². The van der Waals surface area contributed by atoms with Crippen molar-refractivity contribution in [1.82, 2.24) is 10.0 Å². The molecule has 0 aliphatic rings. The molecule has 0 spiro atoms.